The van der Waals surface area contributed by atoms with Gasteiger partial charge >= 0.3 is 0 Å². The normalized spacial score (nSPS) is 10.8. The number of aromatic nitrogens is 1. The molecule has 0 fully saturated rings. The minimum Gasteiger partial charge on any atom is -0.505 e. The van der Waals surface area contributed by atoms with Crippen molar-refractivity contribution in [1.29, 1.82) is 0 Å². The molecule has 0 aliphatic rings. The molecule has 0 bridgehead atoms. The Hall–Kier alpha value is -1.10. The summed E-state index contributed by atoms with van der Waals surface area (Å²) < 4.78 is 17.9. The fourth-order valence-electron chi connectivity index (χ4n) is 0.922. The van der Waals surface area contributed by atoms with E-state index in [4.69, 9.17) is 9.52 Å². The third kappa shape index (κ3) is 0.972. The van der Waals surface area contributed by atoms with Crippen molar-refractivity contribution in [3.63, 3.8) is 0 Å². The molecule has 3 nitrogen and oxygen atoms in total. The SMILES string of the molecule is Oc1ccc2nc(Br)oc2c1F. The molecule has 0 saturated carbocycles. The maximum absolute atomic E-state index is 13.0. The summed E-state index contributed by atoms with van der Waals surface area (Å²) in [5.41, 5.74) is 0.332. The van der Waals surface area contributed by atoms with Crippen molar-refractivity contribution in [2.45, 2.75) is 0 Å². The van der Waals surface area contributed by atoms with Crippen molar-refractivity contribution >= 4 is 27.0 Å². The fourth-order valence-corrected chi connectivity index (χ4v) is 1.28. The molecule has 1 N–H and O–H groups in total. The highest BCUT2D eigenvalue weighted by Crippen LogP contribution is 2.27. The number of halogens is 2. The molecule has 0 aliphatic heterocycles. The van der Waals surface area contributed by atoms with Crippen LogP contribution in [0.15, 0.2) is 21.3 Å². The lowest BCUT2D eigenvalue weighted by molar-refractivity contribution is 0.427. The predicted octanol–water partition coefficient (Wildman–Crippen LogP) is 2.43. The van der Waals surface area contributed by atoms with Crippen LogP contribution in [-0.4, -0.2) is 10.1 Å². The minimum atomic E-state index is -0.786. The van der Waals surface area contributed by atoms with E-state index in [9.17, 15) is 4.39 Å². The topological polar surface area (TPSA) is 46.3 Å². The molecule has 12 heavy (non-hydrogen) atoms. The highest BCUT2D eigenvalue weighted by molar-refractivity contribution is 9.10. The zero-order valence-electron chi connectivity index (χ0n) is 5.71. The molecule has 1 heterocycles. The van der Waals surface area contributed by atoms with E-state index in [0.717, 1.165) is 0 Å². The molecule has 0 radical (unpaired) electrons. The quantitative estimate of drug-likeness (QED) is 0.758. The van der Waals surface area contributed by atoms with Crippen molar-refractivity contribution < 1.29 is 13.9 Å². The number of oxazole rings is 1. The second-order valence-corrected chi connectivity index (χ2v) is 2.89. The molecule has 0 amide bonds. The van der Waals surface area contributed by atoms with E-state index in [1.807, 2.05) is 0 Å². The van der Waals surface area contributed by atoms with Crippen molar-refractivity contribution in [2.24, 2.45) is 0 Å². The van der Waals surface area contributed by atoms with E-state index in [2.05, 4.69) is 20.9 Å². The Morgan fingerprint density at radius 2 is 2.25 bits per heavy atom. The van der Waals surface area contributed by atoms with Crippen molar-refractivity contribution in [3.8, 4) is 5.75 Å². The monoisotopic (exact) mass is 231 g/mol. The summed E-state index contributed by atoms with van der Waals surface area (Å²) in [4.78, 5) is 4.01. The third-order valence-corrected chi connectivity index (χ3v) is 1.79. The van der Waals surface area contributed by atoms with Gasteiger partial charge in [-0.2, -0.15) is 4.39 Å². The number of phenolic OH excluding ortho intramolecular Hbond substituents is 1. The van der Waals surface area contributed by atoms with Crippen LogP contribution in [0.3, 0.4) is 0 Å². The van der Waals surface area contributed by atoms with Crippen LogP contribution in [0, 0.1) is 5.82 Å². The highest BCUT2D eigenvalue weighted by Gasteiger charge is 2.11. The van der Waals surface area contributed by atoms with Crippen LogP contribution in [0.4, 0.5) is 4.39 Å². The van der Waals surface area contributed by atoms with Crippen LogP contribution in [0.25, 0.3) is 11.1 Å². The number of benzene rings is 1. The molecule has 0 atom stereocenters. The maximum Gasteiger partial charge on any atom is 0.265 e. The number of hydrogen-bond acceptors (Lipinski definition) is 3. The number of aromatic hydroxyl groups is 1. The molecule has 0 saturated heterocycles. The number of fused-ring (bicyclic) bond motifs is 1. The Balaban J connectivity index is 2.89. The molecule has 1 aromatic heterocycles. The number of phenols is 1. The average molecular weight is 232 g/mol. The van der Waals surface area contributed by atoms with Crippen LogP contribution in [0.5, 0.6) is 5.75 Å². The highest BCUT2D eigenvalue weighted by atomic mass is 79.9. The minimum absolute atomic E-state index is 0.0399. The van der Waals surface area contributed by atoms with Crippen molar-refractivity contribution in [1.82, 2.24) is 4.98 Å². The molecule has 62 valence electrons. The second kappa shape index (κ2) is 2.45. The molecule has 0 unspecified atom stereocenters. The van der Waals surface area contributed by atoms with Crippen LogP contribution in [-0.2, 0) is 0 Å². The van der Waals surface area contributed by atoms with Gasteiger partial charge in [0.2, 0.25) is 5.82 Å². The molecule has 2 rings (SSSR count). The molecular weight excluding hydrogens is 229 g/mol. The molecule has 5 heteroatoms. The summed E-state index contributed by atoms with van der Waals surface area (Å²) in [6.45, 7) is 0. The largest absolute Gasteiger partial charge is 0.505 e. The Kier molecular flexibility index (Phi) is 1.54. The summed E-state index contributed by atoms with van der Waals surface area (Å²) in [6.07, 6.45) is 0. The molecule has 2 aromatic rings. The summed E-state index contributed by atoms with van der Waals surface area (Å²) in [6, 6.07) is 2.70. The maximum atomic E-state index is 13.0. The molecule has 1 aromatic carbocycles. The first-order valence-electron chi connectivity index (χ1n) is 3.12. The Labute approximate surface area is 75.0 Å². The van der Waals surface area contributed by atoms with Gasteiger partial charge in [-0.25, -0.2) is 4.98 Å². The van der Waals surface area contributed by atoms with E-state index in [0.29, 0.717) is 5.52 Å². The Morgan fingerprint density at radius 1 is 1.50 bits per heavy atom. The first-order valence-corrected chi connectivity index (χ1v) is 3.91. The van der Waals surface area contributed by atoms with Gasteiger partial charge in [0, 0.05) is 15.9 Å². The smallest absolute Gasteiger partial charge is 0.265 e. The van der Waals surface area contributed by atoms with Gasteiger partial charge in [-0.15, -0.1) is 0 Å². The molecule has 0 aliphatic carbocycles. The van der Waals surface area contributed by atoms with Gasteiger partial charge in [0.25, 0.3) is 4.80 Å². The summed E-state index contributed by atoms with van der Waals surface area (Å²) in [5, 5.41) is 8.95. The zero-order chi connectivity index (χ0) is 8.72. The van der Waals surface area contributed by atoms with Gasteiger partial charge in [0.1, 0.15) is 5.52 Å². The lowest BCUT2D eigenvalue weighted by Crippen LogP contribution is -1.76. The summed E-state index contributed by atoms with van der Waals surface area (Å²) in [7, 11) is 0. The number of rotatable bonds is 0. The first kappa shape index (κ1) is 7.54. The van der Waals surface area contributed by atoms with E-state index < -0.39 is 11.6 Å². The lowest BCUT2D eigenvalue weighted by atomic mass is 10.3. The Bertz CT molecular complexity index is 440. The van der Waals surface area contributed by atoms with Crippen LogP contribution in [0.1, 0.15) is 0 Å². The van der Waals surface area contributed by atoms with E-state index in [1.54, 1.807) is 0 Å². The van der Waals surface area contributed by atoms with Gasteiger partial charge in [0.15, 0.2) is 11.3 Å². The van der Waals surface area contributed by atoms with Gasteiger partial charge in [-0.1, -0.05) is 0 Å². The van der Waals surface area contributed by atoms with E-state index in [-0.39, 0.29) is 10.4 Å². The average Bonchev–Trinajstić information content (AvgIpc) is 2.39. The van der Waals surface area contributed by atoms with Crippen LogP contribution < -0.4 is 0 Å². The first-order chi connectivity index (χ1) is 5.68. The number of hydrogen-bond donors (Lipinski definition) is 1. The van der Waals surface area contributed by atoms with E-state index >= 15 is 0 Å². The molecule has 0 spiro atoms. The van der Waals surface area contributed by atoms with Crippen molar-refractivity contribution in [3.05, 3.63) is 22.7 Å². The molecular formula is C7H3BrFNO2. The second-order valence-electron chi connectivity index (χ2n) is 2.21. The van der Waals surface area contributed by atoms with Gasteiger partial charge in [-0.05, 0) is 12.1 Å². The standard InChI is InChI=1S/C7H3BrFNO2/c8-7-10-3-1-2-4(11)5(9)6(3)12-7/h1-2,11H. The van der Waals surface area contributed by atoms with Gasteiger partial charge in [0.05, 0.1) is 0 Å². The zero-order valence-corrected chi connectivity index (χ0v) is 7.30. The lowest BCUT2D eigenvalue weighted by Gasteiger charge is -1.92. The van der Waals surface area contributed by atoms with Gasteiger partial charge in [-0.3, -0.25) is 0 Å². The Morgan fingerprint density at radius 3 is 3.00 bits per heavy atom. The van der Waals surface area contributed by atoms with Crippen molar-refractivity contribution in [2.75, 3.05) is 0 Å². The summed E-state index contributed by atoms with van der Waals surface area (Å²) >= 11 is 2.96. The van der Waals surface area contributed by atoms with Crippen LogP contribution in [0.2, 0.25) is 0 Å². The third-order valence-electron chi connectivity index (χ3n) is 1.45. The van der Waals surface area contributed by atoms with Crippen LogP contribution >= 0.6 is 15.9 Å². The van der Waals surface area contributed by atoms with Gasteiger partial charge < -0.3 is 9.52 Å². The predicted molar refractivity (Wildman–Crippen MR) is 43.3 cm³/mol. The fraction of sp³-hybridized carbons (Fsp3) is 0. The summed E-state index contributed by atoms with van der Waals surface area (Å²) in [5.74, 6) is -1.23. The number of nitrogens with zero attached hydrogens (tertiary/aromatic N) is 1. The van der Waals surface area contributed by atoms with E-state index in [1.165, 1.54) is 12.1 Å².